The van der Waals surface area contributed by atoms with Crippen LogP contribution in [0, 0.1) is 13.8 Å². The third-order valence-electron chi connectivity index (χ3n) is 5.48. The number of para-hydroxylation sites is 1. The fourth-order valence-electron chi connectivity index (χ4n) is 3.95. The third kappa shape index (κ3) is 4.43. The Balaban J connectivity index is 1.63. The molecule has 0 aliphatic rings. The lowest BCUT2D eigenvalue weighted by molar-refractivity contribution is 0.0475. The highest BCUT2D eigenvalue weighted by Gasteiger charge is 2.22. The summed E-state index contributed by atoms with van der Waals surface area (Å²) in [7, 11) is 0. The molecule has 0 amide bonds. The van der Waals surface area contributed by atoms with Gasteiger partial charge in [-0.2, -0.15) is 0 Å². The van der Waals surface area contributed by atoms with Gasteiger partial charge in [0.05, 0.1) is 22.5 Å². The molecule has 0 saturated heterocycles. The average molecular weight is 461 g/mol. The van der Waals surface area contributed by atoms with E-state index in [4.69, 9.17) is 16.3 Å². The fourth-order valence-corrected chi connectivity index (χ4v) is 4.08. The first-order valence-corrected chi connectivity index (χ1v) is 10.7. The number of H-pyrrole nitrogens is 1. The molecular formula is C26H21ClN2O4. The zero-order valence-corrected chi connectivity index (χ0v) is 19.1. The predicted octanol–water partition coefficient (Wildman–Crippen LogP) is 5.74. The van der Waals surface area contributed by atoms with Crippen LogP contribution in [0.2, 0.25) is 5.02 Å². The summed E-state index contributed by atoms with van der Waals surface area (Å²) in [5.41, 5.74) is 4.25. The molecule has 2 heterocycles. The summed E-state index contributed by atoms with van der Waals surface area (Å²) in [4.78, 5) is 45.2. The molecule has 0 saturated carbocycles. The van der Waals surface area contributed by atoms with Gasteiger partial charge in [-0.05, 0) is 50.6 Å². The minimum Gasteiger partial charge on any atom is -0.454 e. The van der Waals surface area contributed by atoms with Crippen molar-refractivity contribution in [2.24, 2.45) is 0 Å². The van der Waals surface area contributed by atoms with Gasteiger partial charge in [0.15, 0.2) is 12.4 Å². The number of hydrogen-bond donors (Lipinski definition) is 1. The molecule has 7 heteroatoms. The number of carbonyl (C=O) groups excluding carboxylic acids is 3. The Morgan fingerprint density at radius 1 is 1.03 bits per heavy atom. The van der Waals surface area contributed by atoms with Crippen molar-refractivity contribution in [3.63, 3.8) is 0 Å². The number of ketones is 2. The average Bonchev–Trinajstić information content (AvgIpc) is 3.11. The second-order valence-electron chi connectivity index (χ2n) is 7.76. The van der Waals surface area contributed by atoms with E-state index >= 15 is 0 Å². The molecule has 33 heavy (non-hydrogen) atoms. The molecule has 0 fully saturated rings. The second-order valence-corrected chi connectivity index (χ2v) is 8.20. The van der Waals surface area contributed by atoms with E-state index in [2.05, 4.69) is 9.97 Å². The summed E-state index contributed by atoms with van der Waals surface area (Å²) in [6.45, 7) is 4.42. The van der Waals surface area contributed by atoms with Crippen LogP contribution < -0.4 is 0 Å². The van der Waals surface area contributed by atoms with E-state index in [1.54, 1.807) is 38.1 Å². The van der Waals surface area contributed by atoms with Crippen LogP contribution in [0.1, 0.15) is 49.4 Å². The molecule has 0 aliphatic heterocycles. The number of carbonyl (C=O) groups is 3. The first-order valence-electron chi connectivity index (χ1n) is 10.3. The maximum Gasteiger partial charge on any atom is 0.339 e. The number of pyridine rings is 1. The predicted molar refractivity (Wildman–Crippen MR) is 127 cm³/mol. The van der Waals surface area contributed by atoms with Crippen molar-refractivity contribution in [3.05, 3.63) is 87.7 Å². The lowest BCUT2D eigenvalue weighted by Crippen LogP contribution is -2.16. The van der Waals surface area contributed by atoms with Gasteiger partial charge >= 0.3 is 5.97 Å². The molecule has 2 aromatic heterocycles. The molecule has 166 valence electrons. The zero-order chi connectivity index (χ0) is 23.7. The zero-order valence-electron chi connectivity index (χ0n) is 18.4. The van der Waals surface area contributed by atoms with Gasteiger partial charge in [0.25, 0.3) is 0 Å². The van der Waals surface area contributed by atoms with Crippen LogP contribution in [0.25, 0.3) is 22.2 Å². The Bertz CT molecular complexity index is 1400. The first-order chi connectivity index (χ1) is 15.8. The van der Waals surface area contributed by atoms with Crippen molar-refractivity contribution in [2.45, 2.75) is 20.8 Å². The number of esters is 1. The van der Waals surface area contributed by atoms with Crippen molar-refractivity contribution < 1.29 is 19.1 Å². The molecule has 1 N–H and O–H groups in total. The number of Topliss-reactive ketones (excluding diaryl/α,β-unsaturated/α-hetero) is 2. The van der Waals surface area contributed by atoms with Crippen LogP contribution >= 0.6 is 11.6 Å². The highest BCUT2D eigenvalue weighted by molar-refractivity contribution is 6.30. The Kier molecular flexibility index (Phi) is 6.11. The summed E-state index contributed by atoms with van der Waals surface area (Å²) in [5.74, 6) is -1.17. The molecule has 0 aliphatic carbocycles. The van der Waals surface area contributed by atoms with Crippen molar-refractivity contribution in [1.29, 1.82) is 0 Å². The van der Waals surface area contributed by atoms with Gasteiger partial charge in [0, 0.05) is 27.2 Å². The van der Waals surface area contributed by atoms with Crippen LogP contribution in [0.4, 0.5) is 0 Å². The Labute approximate surface area is 195 Å². The lowest BCUT2D eigenvalue weighted by atomic mass is 10.0. The van der Waals surface area contributed by atoms with E-state index in [-0.39, 0.29) is 11.5 Å². The van der Waals surface area contributed by atoms with Crippen LogP contribution in [-0.4, -0.2) is 34.1 Å². The number of nitrogens with zero attached hydrogens (tertiary/aromatic N) is 1. The van der Waals surface area contributed by atoms with Crippen molar-refractivity contribution in [3.8, 4) is 11.3 Å². The van der Waals surface area contributed by atoms with E-state index < -0.39 is 18.4 Å². The normalized spacial score (nSPS) is 10.9. The molecule has 6 nitrogen and oxygen atoms in total. The van der Waals surface area contributed by atoms with Crippen LogP contribution in [-0.2, 0) is 4.74 Å². The largest absolute Gasteiger partial charge is 0.454 e. The quantitative estimate of drug-likeness (QED) is 0.292. The Morgan fingerprint density at radius 2 is 1.73 bits per heavy atom. The van der Waals surface area contributed by atoms with Crippen molar-refractivity contribution in [1.82, 2.24) is 9.97 Å². The van der Waals surface area contributed by atoms with E-state index in [1.165, 1.54) is 6.92 Å². The number of aromatic amines is 1. The minimum absolute atomic E-state index is 0.129. The summed E-state index contributed by atoms with van der Waals surface area (Å²) in [5, 5.41) is 1.22. The lowest BCUT2D eigenvalue weighted by Gasteiger charge is -2.10. The number of benzene rings is 2. The molecular weight excluding hydrogens is 440 g/mol. The standard InChI is InChI=1S/C26H21ClN2O4/c1-14-24(16(3)30)15(2)28-25(14)23(31)13-33-26(32)20-12-22(17-8-10-18(27)11-9-17)29-21-7-5-4-6-19(20)21/h4-12,28H,13H2,1-3H3. The molecule has 0 unspecified atom stereocenters. The van der Waals surface area contributed by atoms with Crippen molar-refractivity contribution >= 4 is 40.0 Å². The number of fused-ring (bicyclic) bond motifs is 1. The number of hydrogen-bond acceptors (Lipinski definition) is 5. The number of aromatic nitrogens is 2. The number of nitrogens with one attached hydrogen (secondary N) is 1. The monoisotopic (exact) mass is 460 g/mol. The van der Waals surface area contributed by atoms with E-state index in [1.807, 2.05) is 30.3 Å². The highest BCUT2D eigenvalue weighted by atomic mass is 35.5. The summed E-state index contributed by atoms with van der Waals surface area (Å²) < 4.78 is 5.38. The Morgan fingerprint density at radius 3 is 2.39 bits per heavy atom. The van der Waals surface area contributed by atoms with Gasteiger partial charge in [-0.15, -0.1) is 0 Å². The topological polar surface area (TPSA) is 89.1 Å². The van der Waals surface area contributed by atoms with Gasteiger partial charge in [-0.1, -0.05) is 41.9 Å². The third-order valence-corrected chi connectivity index (χ3v) is 5.73. The van der Waals surface area contributed by atoms with E-state index in [0.717, 1.165) is 5.56 Å². The molecule has 0 spiro atoms. The fraction of sp³-hybridized carbons (Fsp3) is 0.154. The van der Waals surface area contributed by atoms with E-state index in [9.17, 15) is 14.4 Å². The molecule has 0 bridgehead atoms. The number of aryl methyl sites for hydroxylation is 1. The van der Waals surface area contributed by atoms with Crippen LogP contribution in [0.5, 0.6) is 0 Å². The first kappa shape index (κ1) is 22.4. The van der Waals surface area contributed by atoms with Crippen LogP contribution in [0.15, 0.2) is 54.6 Å². The highest BCUT2D eigenvalue weighted by Crippen LogP contribution is 2.27. The Hall–Kier alpha value is -3.77. The summed E-state index contributed by atoms with van der Waals surface area (Å²) in [6, 6.07) is 16.0. The number of halogens is 1. The molecule has 4 aromatic rings. The maximum absolute atomic E-state index is 13.0. The molecule has 2 aromatic carbocycles. The van der Waals surface area contributed by atoms with Gasteiger partial charge < -0.3 is 9.72 Å². The van der Waals surface area contributed by atoms with Crippen LogP contribution in [0.3, 0.4) is 0 Å². The van der Waals surface area contributed by atoms with Crippen molar-refractivity contribution in [2.75, 3.05) is 6.61 Å². The summed E-state index contributed by atoms with van der Waals surface area (Å²) in [6.07, 6.45) is 0. The smallest absolute Gasteiger partial charge is 0.339 e. The SMILES string of the molecule is CC(=O)c1c(C)[nH]c(C(=O)COC(=O)c2cc(-c3ccc(Cl)cc3)nc3ccccc23)c1C. The summed E-state index contributed by atoms with van der Waals surface area (Å²) >= 11 is 5.99. The van der Waals surface area contributed by atoms with Gasteiger partial charge in [0.1, 0.15) is 0 Å². The van der Waals surface area contributed by atoms with Gasteiger partial charge in [0.2, 0.25) is 5.78 Å². The molecule has 0 radical (unpaired) electrons. The second kappa shape index (κ2) is 9.00. The van der Waals surface area contributed by atoms with E-state index in [0.29, 0.717) is 44.0 Å². The number of ether oxygens (including phenoxy) is 1. The molecule has 4 rings (SSSR count). The minimum atomic E-state index is -0.634. The molecule has 0 atom stereocenters. The van der Waals surface area contributed by atoms with Gasteiger partial charge in [-0.25, -0.2) is 9.78 Å². The maximum atomic E-state index is 13.0. The van der Waals surface area contributed by atoms with Gasteiger partial charge in [-0.3, -0.25) is 9.59 Å². The number of rotatable bonds is 6.